The molecule has 2 heterocycles. The van der Waals surface area contributed by atoms with Gasteiger partial charge in [0.05, 0.1) is 0 Å². The van der Waals surface area contributed by atoms with E-state index in [0.717, 1.165) is 35.8 Å². The minimum Gasteiger partial charge on any atom is -0.329 e. The highest BCUT2D eigenvalue weighted by Gasteiger charge is 2.40. The summed E-state index contributed by atoms with van der Waals surface area (Å²) in [7, 11) is 0. The number of piperazine rings is 1. The molecule has 1 atom stereocenters. The minimum atomic E-state index is -0.225. The Morgan fingerprint density at radius 3 is 2.90 bits per heavy atom. The number of carbonyl (C=O) groups is 2. The Hall–Kier alpha value is -1.36. The summed E-state index contributed by atoms with van der Waals surface area (Å²) in [5.74, 6) is 0.188. The summed E-state index contributed by atoms with van der Waals surface area (Å²) >= 11 is 3.43. The molecule has 5 heteroatoms. The van der Waals surface area contributed by atoms with Crippen molar-refractivity contribution < 1.29 is 9.59 Å². The molecule has 0 aromatic heterocycles. The van der Waals surface area contributed by atoms with Crippen molar-refractivity contribution in [3.8, 4) is 0 Å². The Labute approximate surface area is 126 Å². The number of piperidine rings is 1. The van der Waals surface area contributed by atoms with Gasteiger partial charge in [0.15, 0.2) is 0 Å². The summed E-state index contributed by atoms with van der Waals surface area (Å²) in [6.07, 6.45) is 2.85. The average Bonchev–Trinajstić information content (AvgIpc) is 2.45. The van der Waals surface area contributed by atoms with Crippen molar-refractivity contribution >= 4 is 27.7 Å². The van der Waals surface area contributed by atoms with E-state index in [1.54, 1.807) is 9.80 Å². The van der Waals surface area contributed by atoms with Gasteiger partial charge in [0.25, 0.3) is 0 Å². The Bertz CT molecular complexity index is 546. The van der Waals surface area contributed by atoms with E-state index in [0.29, 0.717) is 6.54 Å². The minimum absolute atomic E-state index is 0.0873. The van der Waals surface area contributed by atoms with Crippen molar-refractivity contribution in [2.75, 3.05) is 13.1 Å². The highest BCUT2D eigenvalue weighted by atomic mass is 79.9. The largest absolute Gasteiger partial charge is 0.329 e. The fraction of sp³-hybridized carbons (Fsp3) is 0.467. The lowest BCUT2D eigenvalue weighted by molar-refractivity contribution is -0.158. The molecule has 0 N–H and O–H groups in total. The molecular weight excluding hydrogens is 320 g/mol. The number of carbonyl (C=O) groups excluding carboxylic acids is 2. The first-order valence-electron chi connectivity index (χ1n) is 6.98. The third-order valence-electron chi connectivity index (χ3n) is 4.01. The molecule has 20 heavy (non-hydrogen) atoms. The van der Waals surface area contributed by atoms with Crippen molar-refractivity contribution in [2.24, 2.45) is 0 Å². The molecule has 1 unspecified atom stereocenters. The summed E-state index contributed by atoms with van der Waals surface area (Å²) in [6.45, 7) is 1.45. The van der Waals surface area contributed by atoms with Crippen LogP contribution in [-0.4, -0.2) is 40.7 Å². The number of rotatable bonds is 2. The van der Waals surface area contributed by atoms with Gasteiger partial charge in [-0.1, -0.05) is 28.1 Å². The molecule has 0 spiro atoms. The summed E-state index contributed by atoms with van der Waals surface area (Å²) in [5.41, 5.74) is 1.05. The van der Waals surface area contributed by atoms with Crippen molar-refractivity contribution in [1.82, 2.24) is 9.80 Å². The maximum absolute atomic E-state index is 12.5. The van der Waals surface area contributed by atoms with Crippen LogP contribution < -0.4 is 0 Å². The van der Waals surface area contributed by atoms with Crippen molar-refractivity contribution in [1.29, 1.82) is 0 Å². The SMILES string of the molecule is O=C1C2CCCCN2C(=O)CN1Cc1cccc(Br)c1. The van der Waals surface area contributed by atoms with Gasteiger partial charge in [0, 0.05) is 17.6 Å². The number of nitrogens with zero attached hydrogens (tertiary/aromatic N) is 2. The fourth-order valence-electron chi connectivity index (χ4n) is 3.02. The van der Waals surface area contributed by atoms with Crippen LogP contribution in [0.15, 0.2) is 28.7 Å². The van der Waals surface area contributed by atoms with Gasteiger partial charge >= 0.3 is 0 Å². The molecule has 106 valence electrons. The van der Waals surface area contributed by atoms with Crippen molar-refractivity contribution in [3.05, 3.63) is 34.3 Å². The van der Waals surface area contributed by atoms with Crippen LogP contribution in [0.3, 0.4) is 0 Å². The van der Waals surface area contributed by atoms with Crippen LogP contribution in [-0.2, 0) is 16.1 Å². The third kappa shape index (κ3) is 2.59. The predicted octanol–water partition coefficient (Wildman–Crippen LogP) is 2.17. The smallest absolute Gasteiger partial charge is 0.246 e. The molecule has 2 fully saturated rings. The standard InChI is InChI=1S/C15H17BrN2O2/c16-12-5-3-4-11(8-12)9-17-10-14(19)18-7-2-1-6-13(18)15(17)20/h3-5,8,13H,1-2,6-7,9-10H2. The molecular formula is C15H17BrN2O2. The first-order chi connectivity index (χ1) is 9.65. The van der Waals surface area contributed by atoms with E-state index in [1.165, 1.54) is 0 Å². The molecule has 0 saturated carbocycles. The second kappa shape index (κ2) is 5.56. The highest BCUT2D eigenvalue weighted by molar-refractivity contribution is 9.10. The maximum Gasteiger partial charge on any atom is 0.246 e. The lowest BCUT2D eigenvalue weighted by atomic mass is 9.98. The van der Waals surface area contributed by atoms with Crippen LogP contribution in [0.2, 0.25) is 0 Å². The van der Waals surface area contributed by atoms with Crippen LogP contribution in [0, 0.1) is 0 Å². The van der Waals surface area contributed by atoms with Crippen LogP contribution >= 0.6 is 15.9 Å². The summed E-state index contributed by atoms with van der Waals surface area (Å²) in [6, 6.07) is 7.65. The Kier molecular flexibility index (Phi) is 3.78. The second-order valence-electron chi connectivity index (χ2n) is 5.42. The van der Waals surface area contributed by atoms with E-state index in [1.807, 2.05) is 24.3 Å². The fourth-order valence-corrected chi connectivity index (χ4v) is 3.47. The lowest BCUT2D eigenvalue weighted by Gasteiger charge is -2.42. The van der Waals surface area contributed by atoms with Gasteiger partial charge in [-0.05, 0) is 37.0 Å². The summed E-state index contributed by atoms with van der Waals surface area (Å²) < 4.78 is 0.991. The zero-order valence-corrected chi connectivity index (χ0v) is 12.8. The monoisotopic (exact) mass is 336 g/mol. The third-order valence-corrected chi connectivity index (χ3v) is 4.50. The molecule has 0 bridgehead atoms. The normalized spacial score (nSPS) is 22.9. The first-order valence-corrected chi connectivity index (χ1v) is 7.77. The zero-order valence-electron chi connectivity index (χ0n) is 11.2. The number of amides is 2. The van der Waals surface area contributed by atoms with Crippen LogP contribution in [0.4, 0.5) is 0 Å². The molecule has 2 aliphatic rings. The van der Waals surface area contributed by atoms with Gasteiger partial charge in [0.2, 0.25) is 11.8 Å². The Morgan fingerprint density at radius 2 is 2.10 bits per heavy atom. The van der Waals surface area contributed by atoms with Gasteiger partial charge in [-0.3, -0.25) is 9.59 Å². The van der Waals surface area contributed by atoms with E-state index < -0.39 is 0 Å². The van der Waals surface area contributed by atoms with Crippen LogP contribution in [0.1, 0.15) is 24.8 Å². The van der Waals surface area contributed by atoms with Gasteiger partial charge in [-0.15, -0.1) is 0 Å². The molecule has 0 aliphatic carbocycles. The Morgan fingerprint density at radius 1 is 1.25 bits per heavy atom. The lowest BCUT2D eigenvalue weighted by Crippen LogP contribution is -2.60. The average molecular weight is 337 g/mol. The molecule has 4 nitrogen and oxygen atoms in total. The van der Waals surface area contributed by atoms with E-state index in [9.17, 15) is 9.59 Å². The number of hydrogen-bond donors (Lipinski definition) is 0. The van der Waals surface area contributed by atoms with Gasteiger partial charge in [-0.2, -0.15) is 0 Å². The number of benzene rings is 1. The van der Waals surface area contributed by atoms with E-state index in [2.05, 4.69) is 15.9 Å². The molecule has 3 rings (SSSR count). The number of fused-ring (bicyclic) bond motifs is 1. The highest BCUT2D eigenvalue weighted by Crippen LogP contribution is 2.24. The van der Waals surface area contributed by atoms with E-state index >= 15 is 0 Å². The topological polar surface area (TPSA) is 40.6 Å². The predicted molar refractivity (Wildman–Crippen MR) is 78.9 cm³/mol. The second-order valence-corrected chi connectivity index (χ2v) is 6.34. The van der Waals surface area contributed by atoms with Crippen LogP contribution in [0.5, 0.6) is 0 Å². The zero-order chi connectivity index (χ0) is 14.1. The molecule has 2 aliphatic heterocycles. The van der Waals surface area contributed by atoms with Gasteiger partial charge in [0.1, 0.15) is 12.6 Å². The Balaban J connectivity index is 1.77. The quantitative estimate of drug-likeness (QED) is 0.830. The maximum atomic E-state index is 12.5. The van der Waals surface area contributed by atoms with Gasteiger partial charge in [-0.25, -0.2) is 0 Å². The summed E-state index contributed by atoms with van der Waals surface area (Å²) in [5, 5.41) is 0. The van der Waals surface area contributed by atoms with Crippen LogP contribution in [0.25, 0.3) is 0 Å². The molecule has 0 radical (unpaired) electrons. The number of halogens is 1. The van der Waals surface area contributed by atoms with Gasteiger partial charge < -0.3 is 9.80 Å². The van der Waals surface area contributed by atoms with Crippen molar-refractivity contribution in [3.63, 3.8) is 0 Å². The molecule has 1 aromatic rings. The summed E-state index contributed by atoms with van der Waals surface area (Å²) in [4.78, 5) is 28.1. The van der Waals surface area contributed by atoms with Crippen molar-refractivity contribution in [2.45, 2.75) is 31.8 Å². The number of hydrogen-bond acceptors (Lipinski definition) is 2. The van der Waals surface area contributed by atoms with E-state index in [4.69, 9.17) is 0 Å². The molecule has 2 amide bonds. The van der Waals surface area contributed by atoms with E-state index in [-0.39, 0.29) is 24.4 Å². The molecule has 1 aromatic carbocycles. The first kappa shape index (κ1) is 13.6. The molecule has 2 saturated heterocycles.